The molecule has 3 unspecified atom stereocenters. The third-order valence-corrected chi connectivity index (χ3v) is 4.10. The number of β-amino-alcohol motifs (C(OH)–C–C–N with tert-alkyl or cyclic N) is 1. The normalized spacial score (nSPS) is 28.9. The first-order chi connectivity index (χ1) is 10.5. The van der Waals surface area contributed by atoms with Gasteiger partial charge in [-0.3, -0.25) is 4.79 Å². The number of halogens is 2. The second kappa shape index (κ2) is 6.28. The number of carbonyl (C=O) groups excluding carboxylic acids is 1. The van der Waals surface area contributed by atoms with Gasteiger partial charge >= 0.3 is 0 Å². The number of rotatable bonds is 2. The Labute approximate surface area is 126 Å². The van der Waals surface area contributed by atoms with Crippen molar-refractivity contribution in [3.05, 3.63) is 35.4 Å². The molecule has 0 saturated carbocycles. The number of aliphatic hydroxyl groups excluding tert-OH is 1. The van der Waals surface area contributed by atoms with Gasteiger partial charge in [-0.1, -0.05) is 6.07 Å². The van der Waals surface area contributed by atoms with Crippen LogP contribution in [0.25, 0.3) is 0 Å². The maximum absolute atomic E-state index is 13.3. The molecule has 0 bridgehead atoms. The molecule has 0 aromatic heterocycles. The molecule has 3 rings (SSSR count). The number of aliphatic hydroxyl groups is 1. The molecule has 2 aliphatic heterocycles. The van der Waals surface area contributed by atoms with Crippen molar-refractivity contribution in [1.29, 1.82) is 0 Å². The van der Waals surface area contributed by atoms with Crippen LogP contribution in [-0.2, 0) is 9.53 Å². The second-order valence-corrected chi connectivity index (χ2v) is 5.67. The van der Waals surface area contributed by atoms with Crippen molar-refractivity contribution in [3.8, 4) is 0 Å². The summed E-state index contributed by atoms with van der Waals surface area (Å²) >= 11 is 0. The highest BCUT2D eigenvalue weighted by Crippen LogP contribution is 2.24. The summed E-state index contributed by atoms with van der Waals surface area (Å²) in [5.74, 6) is -1.92. The molecule has 0 radical (unpaired) electrons. The summed E-state index contributed by atoms with van der Waals surface area (Å²) < 4.78 is 31.9. The van der Waals surface area contributed by atoms with Crippen molar-refractivity contribution in [2.75, 3.05) is 26.2 Å². The number of morpholine rings is 1. The molecule has 1 aromatic rings. The number of amides is 1. The molecule has 2 N–H and O–H groups in total. The van der Waals surface area contributed by atoms with E-state index in [-0.39, 0.29) is 12.5 Å². The van der Waals surface area contributed by atoms with Crippen LogP contribution >= 0.6 is 0 Å². The lowest BCUT2D eigenvalue weighted by molar-refractivity contribution is -0.141. The minimum Gasteiger partial charge on any atom is -0.392 e. The van der Waals surface area contributed by atoms with E-state index in [4.69, 9.17) is 4.74 Å². The van der Waals surface area contributed by atoms with Crippen LogP contribution in [0.15, 0.2) is 18.2 Å². The van der Waals surface area contributed by atoms with Crippen molar-refractivity contribution >= 4 is 5.91 Å². The fraction of sp³-hybridized carbons (Fsp3) is 0.533. The number of ether oxygens (including phenoxy) is 1. The fourth-order valence-corrected chi connectivity index (χ4v) is 2.89. The van der Waals surface area contributed by atoms with Gasteiger partial charge in [-0.2, -0.15) is 0 Å². The Bertz CT molecular complexity index is 570. The van der Waals surface area contributed by atoms with Gasteiger partial charge in [-0.15, -0.1) is 0 Å². The summed E-state index contributed by atoms with van der Waals surface area (Å²) in [4.78, 5) is 14.1. The molecule has 0 spiro atoms. The van der Waals surface area contributed by atoms with E-state index in [0.717, 1.165) is 12.1 Å². The summed E-state index contributed by atoms with van der Waals surface area (Å²) in [6.07, 6.45) is -0.581. The summed E-state index contributed by atoms with van der Waals surface area (Å²) in [5.41, 5.74) is 0.510. The molecule has 2 aliphatic rings. The number of benzene rings is 1. The summed E-state index contributed by atoms with van der Waals surface area (Å²) in [6.45, 7) is 1.49. The fourth-order valence-electron chi connectivity index (χ4n) is 2.89. The van der Waals surface area contributed by atoms with Gasteiger partial charge in [0, 0.05) is 13.1 Å². The molecular formula is C15H18F2N2O3. The Morgan fingerprint density at radius 2 is 2.18 bits per heavy atom. The van der Waals surface area contributed by atoms with Gasteiger partial charge in [-0.25, -0.2) is 8.78 Å². The molecule has 1 amide bonds. The summed E-state index contributed by atoms with van der Waals surface area (Å²) in [6, 6.07) is 3.24. The molecule has 5 nitrogen and oxygen atoms in total. The van der Waals surface area contributed by atoms with Crippen molar-refractivity contribution in [1.82, 2.24) is 10.2 Å². The highest BCUT2D eigenvalue weighted by Gasteiger charge is 2.34. The molecule has 22 heavy (non-hydrogen) atoms. The Morgan fingerprint density at radius 3 is 2.86 bits per heavy atom. The van der Waals surface area contributed by atoms with Gasteiger partial charge in [0.2, 0.25) is 5.91 Å². The van der Waals surface area contributed by atoms with Crippen molar-refractivity contribution in [2.45, 2.75) is 24.7 Å². The van der Waals surface area contributed by atoms with Crippen LogP contribution in [0.1, 0.15) is 18.1 Å². The van der Waals surface area contributed by atoms with E-state index in [0.29, 0.717) is 31.7 Å². The van der Waals surface area contributed by atoms with Crippen molar-refractivity contribution < 1.29 is 23.4 Å². The third-order valence-electron chi connectivity index (χ3n) is 4.10. The lowest BCUT2D eigenvalue weighted by Crippen LogP contribution is -2.49. The zero-order valence-electron chi connectivity index (χ0n) is 12.0. The Morgan fingerprint density at radius 1 is 1.36 bits per heavy atom. The van der Waals surface area contributed by atoms with Crippen LogP contribution in [-0.4, -0.2) is 54.3 Å². The molecule has 3 atom stereocenters. The molecule has 2 heterocycles. The van der Waals surface area contributed by atoms with Gasteiger partial charge in [0.1, 0.15) is 6.10 Å². The first kappa shape index (κ1) is 15.3. The maximum Gasteiger partial charge on any atom is 0.239 e. The van der Waals surface area contributed by atoms with Gasteiger partial charge in [0.15, 0.2) is 11.6 Å². The summed E-state index contributed by atoms with van der Waals surface area (Å²) in [7, 11) is 0. The van der Waals surface area contributed by atoms with Crippen LogP contribution in [0.3, 0.4) is 0 Å². The lowest BCUT2D eigenvalue weighted by atomic mass is 10.1. The van der Waals surface area contributed by atoms with E-state index < -0.39 is 29.9 Å². The number of hydrogen-bond donors (Lipinski definition) is 2. The first-order valence-electron chi connectivity index (χ1n) is 7.31. The minimum absolute atomic E-state index is 0.0903. The third kappa shape index (κ3) is 3.11. The monoisotopic (exact) mass is 312 g/mol. The Kier molecular flexibility index (Phi) is 4.37. The Balaban J connectivity index is 1.68. The smallest absolute Gasteiger partial charge is 0.239 e. The van der Waals surface area contributed by atoms with Crippen molar-refractivity contribution in [2.24, 2.45) is 0 Å². The van der Waals surface area contributed by atoms with Gasteiger partial charge < -0.3 is 20.1 Å². The van der Waals surface area contributed by atoms with Crippen LogP contribution in [0, 0.1) is 11.6 Å². The molecule has 2 saturated heterocycles. The lowest BCUT2D eigenvalue weighted by Gasteiger charge is -2.34. The molecule has 1 aromatic carbocycles. The zero-order chi connectivity index (χ0) is 15.7. The predicted molar refractivity (Wildman–Crippen MR) is 74.0 cm³/mol. The van der Waals surface area contributed by atoms with Crippen LogP contribution in [0.4, 0.5) is 8.78 Å². The SMILES string of the molecule is O=C(C1CC(O)CN1)N1CCOC(c2ccc(F)c(F)c2)C1. The van der Waals surface area contributed by atoms with Gasteiger partial charge in [0.05, 0.1) is 25.3 Å². The standard InChI is InChI=1S/C15H18F2N2O3/c16-11-2-1-9(5-12(11)17)14-8-19(3-4-22-14)15(21)13-6-10(20)7-18-13/h1-2,5,10,13-14,18,20H,3-4,6-8H2. The predicted octanol–water partition coefficient (Wildman–Crippen LogP) is 0.588. The molecule has 0 aliphatic carbocycles. The van der Waals surface area contributed by atoms with E-state index >= 15 is 0 Å². The van der Waals surface area contributed by atoms with Gasteiger partial charge in [0.25, 0.3) is 0 Å². The highest BCUT2D eigenvalue weighted by atomic mass is 19.2. The number of hydrogen-bond acceptors (Lipinski definition) is 4. The zero-order valence-corrected chi connectivity index (χ0v) is 12.0. The molecular weight excluding hydrogens is 294 g/mol. The van der Waals surface area contributed by atoms with E-state index in [9.17, 15) is 18.7 Å². The van der Waals surface area contributed by atoms with E-state index in [1.165, 1.54) is 6.07 Å². The number of nitrogens with zero attached hydrogens (tertiary/aromatic N) is 1. The van der Waals surface area contributed by atoms with Crippen LogP contribution < -0.4 is 5.32 Å². The average molecular weight is 312 g/mol. The molecule has 7 heteroatoms. The van der Waals surface area contributed by atoms with E-state index in [2.05, 4.69) is 5.32 Å². The summed E-state index contributed by atoms with van der Waals surface area (Å²) in [5, 5.41) is 12.5. The van der Waals surface area contributed by atoms with Crippen molar-refractivity contribution in [3.63, 3.8) is 0 Å². The minimum atomic E-state index is -0.926. The molecule has 2 fully saturated rings. The van der Waals surface area contributed by atoms with Gasteiger partial charge in [-0.05, 0) is 24.1 Å². The molecule has 120 valence electrons. The average Bonchev–Trinajstić information content (AvgIpc) is 2.96. The first-order valence-corrected chi connectivity index (χ1v) is 7.31. The Hall–Kier alpha value is -1.57. The van der Waals surface area contributed by atoms with Crippen LogP contribution in [0.5, 0.6) is 0 Å². The largest absolute Gasteiger partial charge is 0.392 e. The topological polar surface area (TPSA) is 61.8 Å². The second-order valence-electron chi connectivity index (χ2n) is 5.67. The number of nitrogens with one attached hydrogen (secondary N) is 1. The number of carbonyl (C=O) groups is 1. The van der Waals surface area contributed by atoms with Crippen LogP contribution in [0.2, 0.25) is 0 Å². The quantitative estimate of drug-likeness (QED) is 0.839. The highest BCUT2D eigenvalue weighted by molar-refractivity contribution is 5.82. The van der Waals surface area contributed by atoms with E-state index in [1.807, 2.05) is 0 Å². The maximum atomic E-state index is 13.3. The van der Waals surface area contributed by atoms with E-state index in [1.54, 1.807) is 4.90 Å².